The van der Waals surface area contributed by atoms with E-state index in [0.717, 1.165) is 32.5 Å². The van der Waals surface area contributed by atoms with Gasteiger partial charge in [-0.15, -0.1) is 0 Å². The third kappa shape index (κ3) is 7.68. The van der Waals surface area contributed by atoms with Crippen LogP contribution >= 0.6 is 12.6 Å². The standard InChI is InChI=1S/C11H24N2OS/c1-4-13(5-2)8-6-7-10(3)12-11(14)9-15/h10,15H,4-9H2,1-3H3,(H,12,14). The van der Waals surface area contributed by atoms with Crippen LogP contribution in [0, 0.1) is 0 Å². The number of hydrogen-bond acceptors (Lipinski definition) is 3. The summed E-state index contributed by atoms with van der Waals surface area (Å²) in [6.07, 6.45) is 2.17. The Morgan fingerprint density at radius 3 is 2.47 bits per heavy atom. The van der Waals surface area contributed by atoms with Crippen LogP contribution in [0.15, 0.2) is 0 Å². The molecule has 0 aliphatic rings. The zero-order valence-corrected chi connectivity index (χ0v) is 11.0. The lowest BCUT2D eigenvalue weighted by molar-refractivity contribution is -0.119. The number of nitrogens with one attached hydrogen (secondary N) is 1. The average molecular weight is 232 g/mol. The molecule has 0 fully saturated rings. The molecule has 1 atom stereocenters. The summed E-state index contributed by atoms with van der Waals surface area (Å²) in [5.41, 5.74) is 0. The average Bonchev–Trinajstić information content (AvgIpc) is 2.24. The van der Waals surface area contributed by atoms with E-state index in [4.69, 9.17) is 0 Å². The number of nitrogens with zero attached hydrogens (tertiary/aromatic N) is 1. The van der Waals surface area contributed by atoms with Crippen LogP contribution < -0.4 is 5.32 Å². The zero-order valence-electron chi connectivity index (χ0n) is 10.1. The van der Waals surface area contributed by atoms with E-state index in [-0.39, 0.29) is 17.7 Å². The third-order valence-corrected chi connectivity index (χ3v) is 2.84. The molecule has 90 valence electrons. The molecular formula is C11H24N2OS. The summed E-state index contributed by atoms with van der Waals surface area (Å²) >= 11 is 3.92. The number of hydrogen-bond donors (Lipinski definition) is 2. The summed E-state index contributed by atoms with van der Waals surface area (Å²) in [5.74, 6) is 0.300. The maximum atomic E-state index is 11.0. The minimum absolute atomic E-state index is 0.0219. The van der Waals surface area contributed by atoms with Crippen molar-refractivity contribution in [3.63, 3.8) is 0 Å². The van der Waals surface area contributed by atoms with Gasteiger partial charge < -0.3 is 10.2 Å². The first-order valence-corrected chi connectivity index (χ1v) is 6.39. The van der Waals surface area contributed by atoms with Crippen molar-refractivity contribution in [2.45, 2.75) is 39.7 Å². The van der Waals surface area contributed by atoms with Gasteiger partial charge in [0.2, 0.25) is 5.91 Å². The molecule has 4 heteroatoms. The van der Waals surface area contributed by atoms with Gasteiger partial charge in [-0.2, -0.15) is 12.6 Å². The monoisotopic (exact) mass is 232 g/mol. The quantitative estimate of drug-likeness (QED) is 0.622. The van der Waals surface area contributed by atoms with Crippen molar-refractivity contribution < 1.29 is 4.79 Å². The predicted octanol–water partition coefficient (Wildman–Crippen LogP) is 1.54. The Balaban J connectivity index is 3.53. The Morgan fingerprint density at radius 2 is 2.00 bits per heavy atom. The molecule has 0 heterocycles. The van der Waals surface area contributed by atoms with Gasteiger partial charge in [0.05, 0.1) is 5.75 Å². The van der Waals surface area contributed by atoms with Gasteiger partial charge in [-0.25, -0.2) is 0 Å². The second kappa shape index (κ2) is 9.04. The van der Waals surface area contributed by atoms with Crippen LogP contribution in [0.5, 0.6) is 0 Å². The first-order valence-electron chi connectivity index (χ1n) is 5.76. The number of rotatable bonds is 8. The normalized spacial score (nSPS) is 12.9. The molecule has 0 radical (unpaired) electrons. The summed E-state index contributed by atoms with van der Waals surface area (Å²) in [6.45, 7) is 9.73. The van der Waals surface area contributed by atoms with Crippen molar-refractivity contribution in [1.29, 1.82) is 0 Å². The molecular weight excluding hydrogens is 208 g/mol. The Kier molecular flexibility index (Phi) is 8.91. The highest BCUT2D eigenvalue weighted by molar-refractivity contribution is 7.81. The third-order valence-electron chi connectivity index (χ3n) is 2.56. The fourth-order valence-electron chi connectivity index (χ4n) is 1.55. The van der Waals surface area contributed by atoms with Crippen molar-refractivity contribution >= 4 is 18.5 Å². The summed E-state index contributed by atoms with van der Waals surface area (Å²) in [4.78, 5) is 13.4. The number of amides is 1. The van der Waals surface area contributed by atoms with Crippen LogP contribution in [0.25, 0.3) is 0 Å². The molecule has 0 aromatic carbocycles. The summed E-state index contributed by atoms with van der Waals surface area (Å²) < 4.78 is 0. The van der Waals surface area contributed by atoms with E-state index in [1.807, 2.05) is 6.92 Å². The first-order chi connectivity index (χ1) is 7.13. The van der Waals surface area contributed by atoms with Gasteiger partial charge in [-0.05, 0) is 39.4 Å². The first kappa shape index (κ1) is 14.8. The fourth-order valence-corrected chi connectivity index (χ4v) is 1.64. The second-order valence-electron chi connectivity index (χ2n) is 3.80. The Hall–Kier alpha value is -0.220. The van der Waals surface area contributed by atoms with Crippen LogP contribution in [0.1, 0.15) is 33.6 Å². The minimum Gasteiger partial charge on any atom is -0.353 e. The van der Waals surface area contributed by atoms with E-state index in [1.165, 1.54) is 0 Å². The van der Waals surface area contributed by atoms with Gasteiger partial charge >= 0.3 is 0 Å². The largest absolute Gasteiger partial charge is 0.353 e. The van der Waals surface area contributed by atoms with Crippen LogP contribution in [-0.2, 0) is 4.79 Å². The Morgan fingerprint density at radius 1 is 1.40 bits per heavy atom. The van der Waals surface area contributed by atoms with Crippen LogP contribution in [0.4, 0.5) is 0 Å². The van der Waals surface area contributed by atoms with Gasteiger partial charge in [-0.1, -0.05) is 13.8 Å². The molecule has 0 aromatic heterocycles. The van der Waals surface area contributed by atoms with Gasteiger partial charge in [0.25, 0.3) is 0 Å². The van der Waals surface area contributed by atoms with Crippen molar-refractivity contribution in [2.24, 2.45) is 0 Å². The maximum Gasteiger partial charge on any atom is 0.229 e. The molecule has 0 saturated carbocycles. The lowest BCUT2D eigenvalue weighted by Gasteiger charge is -2.19. The molecule has 0 rings (SSSR count). The zero-order chi connectivity index (χ0) is 11.7. The fraction of sp³-hybridized carbons (Fsp3) is 0.909. The van der Waals surface area contributed by atoms with Crippen molar-refractivity contribution in [3.8, 4) is 0 Å². The highest BCUT2D eigenvalue weighted by Gasteiger charge is 2.06. The van der Waals surface area contributed by atoms with Gasteiger partial charge in [0.15, 0.2) is 0 Å². The van der Waals surface area contributed by atoms with Crippen molar-refractivity contribution in [3.05, 3.63) is 0 Å². The van der Waals surface area contributed by atoms with Gasteiger partial charge in [-0.3, -0.25) is 4.79 Å². The highest BCUT2D eigenvalue weighted by atomic mass is 32.1. The molecule has 15 heavy (non-hydrogen) atoms. The van der Waals surface area contributed by atoms with Crippen molar-refractivity contribution in [2.75, 3.05) is 25.4 Å². The topological polar surface area (TPSA) is 32.3 Å². The molecule has 0 aliphatic carbocycles. The predicted molar refractivity (Wildman–Crippen MR) is 68.5 cm³/mol. The van der Waals surface area contributed by atoms with E-state index in [0.29, 0.717) is 0 Å². The molecule has 0 bridgehead atoms. The summed E-state index contributed by atoms with van der Waals surface area (Å²) in [6, 6.07) is 0.264. The Bertz CT molecular complexity index is 172. The lowest BCUT2D eigenvalue weighted by Crippen LogP contribution is -2.34. The molecule has 0 spiro atoms. The van der Waals surface area contributed by atoms with Crippen LogP contribution in [0.2, 0.25) is 0 Å². The SMILES string of the molecule is CCN(CC)CCCC(C)NC(=O)CS. The molecule has 1 unspecified atom stereocenters. The van der Waals surface area contributed by atoms with E-state index in [2.05, 4.69) is 36.7 Å². The van der Waals surface area contributed by atoms with E-state index in [9.17, 15) is 4.79 Å². The molecule has 1 N–H and O–H groups in total. The summed E-state index contributed by atoms with van der Waals surface area (Å²) in [7, 11) is 0. The number of carbonyl (C=O) groups excluding carboxylic acids is 1. The van der Waals surface area contributed by atoms with E-state index < -0.39 is 0 Å². The van der Waals surface area contributed by atoms with Gasteiger partial charge in [0, 0.05) is 6.04 Å². The molecule has 0 aliphatic heterocycles. The second-order valence-corrected chi connectivity index (χ2v) is 4.11. The van der Waals surface area contributed by atoms with Gasteiger partial charge in [0.1, 0.15) is 0 Å². The Labute approximate surface area is 99.0 Å². The van der Waals surface area contributed by atoms with Crippen LogP contribution in [0.3, 0.4) is 0 Å². The lowest BCUT2D eigenvalue weighted by atomic mass is 10.2. The number of carbonyl (C=O) groups is 1. The van der Waals surface area contributed by atoms with E-state index in [1.54, 1.807) is 0 Å². The minimum atomic E-state index is 0.0219. The molecule has 0 saturated heterocycles. The smallest absolute Gasteiger partial charge is 0.229 e. The molecule has 0 aromatic rings. The van der Waals surface area contributed by atoms with Crippen LogP contribution in [-0.4, -0.2) is 42.2 Å². The maximum absolute atomic E-state index is 11.0. The molecule has 1 amide bonds. The van der Waals surface area contributed by atoms with E-state index >= 15 is 0 Å². The highest BCUT2D eigenvalue weighted by Crippen LogP contribution is 1.99. The summed E-state index contributed by atoms with van der Waals surface area (Å²) in [5, 5.41) is 2.91. The van der Waals surface area contributed by atoms with Crippen molar-refractivity contribution in [1.82, 2.24) is 10.2 Å². The molecule has 3 nitrogen and oxygen atoms in total. The number of thiol groups is 1.